The number of halogens is 3. The van der Waals surface area contributed by atoms with Crippen LogP contribution in [0.1, 0.15) is 10.6 Å². The lowest BCUT2D eigenvalue weighted by Crippen LogP contribution is -2.03. The second kappa shape index (κ2) is 6.17. The van der Waals surface area contributed by atoms with Gasteiger partial charge in [-0.15, -0.1) is 10.2 Å². The van der Waals surface area contributed by atoms with Crippen molar-refractivity contribution in [3.8, 4) is 11.5 Å². The Hall–Kier alpha value is -2.03. The molecular weight excluding hydrogens is 307 g/mol. The molecular formula is C12H12F3N3O2S. The van der Waals surface area contributed by atoms with Crippen LogP contribution in [0.25, 0.3) is 0 Å². The van der Waals surface area contributed by atoms with Gasteiger partial charge in [0.05, 0.1) is 14.2 Å². The lowest BCUT2D eigenvalue weighted by molar-refractivity contribution is -0.138. The molecule has 2 aromatic rings. The standard InChI is InChI=1S/C12H12F3N3O2S/c1-19-8-4-3-7(5-9(8)20-2)6-16-11-18-17-10(21-11)12(13,14)15/h3-5H,6H2,1-2H3,(H,16,18). The molecule has 114 valence electrons. The average Bonchev–Trinajstić information content (AvgIpc) is 2.93. The lowest BCUT2D eigenvalue weighted by Gasteiger charge is -2.09. The van der Waals surface area contributed by atoms with Gasteiger partial charge in [0.15, 0.2) is 11.5 Å². The third-order valence-corrected chi connectivity index (χ3v) is 3.48. The fourth-order valence-electron chi connectivity index (χ4n) is 1.58. The van der Waals surface area contributed by atoms with E-state index in [0.29, 0.717) is 29.4 Å². The molecule has 0 aliphatic carbocycles. The number of alkyl halides is 3. The maximum atomic E-state index is 12.4. The quantitative estimate of drug-likeness (QED) is 0.917. The zero-order chi connectivity index (χ0) is 15.5. The molecule has 0 bridgehead atoms. The van der Waals surface area contributed by atoms with E-state index < -0.39 is 11.2 Å². The van der Waals surface area contributed by atoms with Crippen LogP contribution in [0.2, 0.25) is 0 Å². The Morgan fingerprint density at radius 1 is 1.14 bits per heavy atom. The Morgan fingerprint density at radius 2 is 1.86 bits per heavy atom. The highest BCUT2D eigenvalue weighted by molar-refractivity contribution is 7.15. The minimum atomic E-state index is -4.47. The number of methoxy groups -OCH3 is 2. The van der Waals surface area contributed by atoms with Crippen LogP contribution in [0.4, 0.5) is 18.3 Å². The SMILES string of the molecule is COc1ccc(CNc2nnc(C(F)(F)F)s2)cc1OC. The van der Waals surface area contributed by atoms with Gasteiger partial charge in [-0.1, -0.05) is 17.4 Å². The van der Waals surface area contributed by atoms with Crippen molar-refractivity contribution in [1.29, 1.82) is 0 Å². The molecule has 0 aliphatic rings. The van der Waals surface area contributed by atoms with E-state index in [-0.39, 0.29) is 5.13 Å². The molecule has 21 heavy (non-hydrogen) atoms. The van der Waals surface area contributed by atoms with Crippen molar-refractivity contribution in [3.05, 3.63) is 28.8 Å². The van der Waals surface area contributed by atoms with Crippen LogP contribution in [0.5, 0.6) is 11.5 Å². The molecule has 0 aliphatic heterocycles. The molecule has 0 spiro atoms. The van der Waals surface area contributed by atoms with Gasteiger partial charge >= 0.3 is 6.18 Å². The van der Waals surface area contributed by atoms with Gasteiger partial charge in [-0.2, -0.15) is 13.2 Å². The first-order valence-corrected chi connectivity index (χ1v) is 6.61. The van der Waals surface area contributed by atoms with Gasteiger partial charge in [0.2, 0.25) is 10.1 Å². The zero-order valence-electron chi connectivity index (χ0n) is 11.2. The van der Waals surface area contributed by atoms with Crippen LogP contribution in [-0.4, -0.2) is 24.4 Å². The Kier molecular flexibility index (Phi) is 4.51. The fourth-order valence-corrected chi connectivity index (χ4v) is 2.18. The number of hydrogen-bond acceptors (Lipinski definition) is 6. The van der Waals surface area contributed by atoms with Crippen molar-refractivity contribution in [1.82, 2.24) is 10.2 Å². The summed E-state index contributed by atoms with van der Waals surface area (Å²) in [4.78, 5) is 0. The highest BCUT2D eigenvalue weighted by Gasteiger charge is 2.35. The number of benzene rings is 1. The maximum Gasteiger partial charge on any atom is 0.445 e. The summed E-state index contributed by atoms with van der Waals surface area (Å²) in [5.74, 6) is 1.13. The third kappa shape index (κ3) is 3.75. The Bertz CT molecular complexity index is 616. The largest absolute Gasteiger partial charge is 0.493 e. The molecule has 0 unspecified atom stereocenters. The summed E-state index contributed by atoms with van der Waals surface area (Å²) in [5.41, 5.74) is 0.816. The van der Waals surface area contributed by atoms with Crippen molar-refractivity contribution in [2.75, 3.05) is 19.5 Å². The van der Waals surface area contributed by atoms with E-state index in [2.05, 4.69) is 15.5 Å². The van der Waals surface area contributed by atoms with E-state index in [1.807, 2.05) is 0 Å². The van der Waals surface area contributed by atoms with Gasteiger partial charge in [-0.3, -0.25) is 0 Å². The summed E-state index contributed by atoms with van der Waals surface area (Å²) in [6.45, 7) is 0.298. The first kappa shape index (κ1) is 15.4. The van der Waals surface area contributed by atoms with E-state index in [9.17, 15) is 13.2 Å². The van der Waals surface area contributed by atoms with Crippen LogP contribution in [0, 0.1) is 0 Å². The van der Waals surface area contributed by atoms with Crippen LogP contribution in [-0.2, 0) is 12.7 Å². The van der Waals surface area contributed by atoms with Crippen LogP contribution in [0.3, 0.4) is 0 Å². The highest BCUT2D eigenvalue weighted by Crippen LogP contribution is 2.33. The zero-order valence-corrected chi connectivity index (χ0v) is 12.0. The molecule has 1 aromatic heterocycles. The van der Waals surface area contributed by atoms with Crippen molar-refractivity contribution in [2.45, 2.75) is 12.7 Å². The number of rotatable bonds is 5. The van der Waals surface area contributed by atoms with Crippen molar-refractivity contribution >= 4 is 16.5 Å². The highest BCUT2D eigenvalue weighted by atomic mass is 32.1. The minimum absolute atomic E-state index is 0.108. The fraction of sp³-hybridized carbons (Fsp3) is 0.333. The topological polar surface area (TPSA) is 56.3 Å². The number of nitrogens with one attached hydrogen (secondary N) is 1. The van der Waals surface area contributed by atoms with Crippen molar-refractivity contribution < 1.29 is 22.6 Å². The van der Waals surface area contributed by atoms with Crippen LogP contribution < -0.4 is 14.8 Å². The Balaban J connectivity index is 2.04. The van der Waals surface area contributed by atoms with E-state index in [4.69, 9.17) is 9.47 Å². The molecule has 2 rings (SSSR count). The molecule has 1 N–H and O–H groups in total. The van der Waals surface area contributed by atoms with E-state index in [0.717, 1.165) is 5.56 Å². The minimum Gasteiger partial charge on any atom is -0.493 e. The predicted molar refractivity (Wildman–Crippen MR) is 71.8 cm³/mol. The second-order valence-electron chi connectivity index (χ2n) is 3.95. The monoisotopic (exact) mass is 319 g/mol. The lowest BCUT2D eigenvalue weighted by atomic mass is 10.2. The van der Waals surface area contributed by atoms with Gasteiger partial charge in [0.25, 0.3) is 0 Å². The van der Waals surface area contributed by atoms with Crippen LogP contribution in [0.15, 0.2) is 18.2 Å². The van der Waals surface area contributed by atoms with E-state index >= 15 is 0 Å². The summed E-state index contributed by atoms with van der Waals surface area (Å²) in [6, 6.07) is 5.23. The summed E-state index contributed by atoms with van der Waals surface area (Å²) in [7, 11) is 3.03. The van der Waals surface area contributed by atoms with Gasteiger partial charge in [-0.05, 0) is 17.7 Å². The smallest absolute Gasteiger partial charge is 0.445 e. The Labute approximate surface area is 122 Å². The summed E-state index contributed by atoms with van der Waals surface area (Å²) < 4.78 is 47.4. The predicted octanol–water partition coefficient (Wildman–Crippen LogP) is 3.19. The molecule has 0 saturated heterocycles. The molecule has 9 heteroatoms. The summed E-state index contributed by atoms with van der Waals surface area (Å²) in [6.07, 6.45) is -4.47. The Morgan fingerprint density at radius 3 is 2.43 bits per heavy atom. The number of anilines is 1. The van der Waals surface area contributed by atoms with Gasteiger partial charge in [0, 0.05) is 6.54 Å². The van der Waals surface area contributed by atoms with Gasteiger partial charge < -0.3 is 14.8 Å². The van der Waals surface area contributed by atoms with Crippen molar-refractivity contribution in [3.63, 3.8) is 0 Å². The van der Waals surface area contributed by atoms with Gasteiger partial charge in [-0.25, -0.2) is 0 Å². The molecule has 0 amide bonds. The third-order valence-electron chi connectivity index (χ3n) is 2.56. The molecule has 0 saturated carbocycles. The molecule has 5 nitrogen and oxygen atoms in total. The number of hydrogen-bond donors (Lipinski definition) is 1. The number of ether oxygens (including phenoxy) is 2. The maximum absolute atomic E-state index is 12.4. The van der Waals surface area contributed by atoms with Crippen LogP contribution >= 0.6 is 11.3 Å². The summed E-state index contributed by atoms with van der Waals surface area (Å²) in [5, 5.41) is 8.48. The molecule has 1 heterocycles. The molecule has 0 radical (unpaired) electrons. The van der Waals surface area contributed by atoms with E-state index in [1.165, 1.54) is 14.2 Å². The van der Waals surface area contributed by atoms with E-state index in [1.54, 1.807) is 18.2 Å². The average molecular weight is 319 g/mol. The van der Waals surface area contributed by atoms with Gasteiger partial charge in [0.1, 0.15) is 0 Å². The normalized spacial score (nSPS) is 11.3. The number of nitrogens with zero attached hydrogens (tertiary/aromatic N) is 2. The first-order valence-electron chi connectivity index (χ1n) is 5.79. The second-order valence-corrected chi connectivity index (χ2v) is 4.93. The molecule has 1 aromatic carbocycles. The first-order chi connectivity index (χ1) is 9.94. The molecule has 0 atom stereocenters. The number of aromatic nitrogens is 2. The molecule has 0 fully saturated rings. The summed E-state index contributed by atoms with van der Waals surface area (Å²) >= 11 is 0.462. The van der Waals surface area contributed by atoms with Crippen molar-refractivity contribution in [2.24, 2.45) is 0 Å².